The topological polar surface area (TPSA) is 105 Å². The third kappa shape index (κ3) is 48.2. The van der Waals surface area contributed by atoms with E-state index in [0.29, 0.717) is 23.0 Å². The average molecular weight is 516 g/mol. The normalized spacial score (nSPS) is 10.8. The fourth-order valence-corrected chi connectivity index (χ4v) is 1.38. The average Bonchev–Trinajstić information content (AvgIpc) is 2.67. The SMILES string of the molecule is CO/C(C)=C\C(C)=O.CO/C(C)=C\C(C)=O.CO/C(C)=C\C(C)=O.CO/C(C)=C\C(C)=O.[Co]. The van der Waals surface area contributed by atoms with E-state index in [4.69, 9.17) is 18.9 Å². The van der Waals surface area contributed by atoms with Crippen LogP contribution in [0.4, 0.5) is 0 Å². The van der Waals surface area contributed by atoms with Crippen molar-refractivity contribution in [2.45, 2.75) is 55.4 Å². The number of ether oxygens (including phenoxy) is 4. The van der Waals surface area contributed by atoms with Crippen LogP contribution < -0.4 is 0 Å². The van der Waals surface area contributed by atoms with Crippen LogP contribution >= 0.6 is 0 Å². The summed E-state index contributed by atoms with van der Waals surface area (Å²) in [6.45, 7) is 12.9. The number of ketones is 4. The number of carbonyl (C=O) groups is 4. The summed E-state index contributed by atoms with van der Waals surface area (Å²) in [6.07, 6.45) is 5.78. The molecule has 0 N–H and O–H groups in total. The Balaban J connectivity index is -0.000000105. The standard InChI is InChI=1S/4C6H10O2.Co/c4*1-5(7)4-6(2)8-3;/h4*4H,1-3H3;/b4*6-4-;. The fourth-order valence-electron chi connectivity index (χ4n) is 1.38. The minimum absolute atomic E-state index is 0. The van der Waals surface area contributed by atoms with Crippen LogP contribution in [0, 0.1) is 0 Å². The van der Waals surface area contributed by atoms with E-state index in [2.05, 4.69) is 0 Å². The largest absolute Gasteiger partial charge is 0.501 e. The molecule has 0 aliphatic rings. The van der Waals surface area contributed by atoms with E-state index in [-0.39, 0.29) is 39.9 Å². The van der Waals surface area contributed by atoms with E-state index in [9.17, 15) is 19.2 Å². The molecule has 0 unspecified atom stereocenters. The molecular weight excluding hydrogens is 475 g/mol. The summed E-state index contributed by atoms with van der Waals surface area (Å²) in [5.41, 5.74) is 0. The van der Waals surface area contributed by atoms with Gasteiger partial charge >= 0.3 is 0 Å². The molecule has 0 aromatic heterocycles. The number of allylic oxidation sites excluding steroid dienone is 8. The smallest absolute Gasteiger partial charge is 0.155 e. The van der Waals surface area contributed by atoms with Gasteiger partial charge in [-0.25, -0.2) is 0 Å². The minimum atomic E-state index is 0. The quantitative estimate of drug-likeness (QED) is 0.344. The molecule has 0 rings (SSSR count). The maximum absolute atomic E-state index is 10.3. The fraction of sp³-hybridized carbons (Fsp3) is 0.500. The Kier molecular flexibility index (Phi) is 33.8. The second kappa shape index (κ2) is 27.4. The molecule has 193 valence electrons. The van der Waals surface area contributed by atoms with Crippen molar-refractivity contribution in [2.75, 3.05) is 28.4 Å². The zero-order valence-corrected chi connectivity index (χ0v) is 22.9. The molecular formula is C24H40CoO8. The summed E-state index contributed by atoms with van der Waals surface area (Å²) in [5.74, 6) is 2.67. The van der Waals surface area contributed by atoms with Crippen LogP contribution in [0.25, 0.3) is 0 Å². The first kappa shape index (κ1) is 40.7. The zero-order chi connectivity index (χ0) is 26.3. The van der Waals surface area contributed by atoms with Gasteiger partial charge in [0.15, 0.2) is 23.1 Å². The minimum Gasteiger partial charge on any atom is -0.501 e. The molecule has 9 heteroatoms. The van der Waals surface area contributed by atoms with Gasteiger partial charge in [-0.15, -0.1) is 0 Å². The monoisotopic (exact) mass is 515 g/mol. The number of hydrogen-bond acceptors (Lipinski definition) is 8. The van der Waals surface area contributed by atoms with Crippen molar-refractivity contribution in [3.8, 4) is 0 Å². The van der Waals surface area contributed by atoms with Crippen molar-refractivity contribution in [1.82, 2.24) is 0 Å². The molecule has 0 fully saturated rings. The van der Waals surface area contributed by atoms with Gasteiger partial charge in [0.25, 0.3) is 0 Å². The second-order valence-corrected chi connectivity index (χ2v) is 6.28. The first-order chi connectivity index (χ1) is 14.7. The molecule has 0 heterocycles. The number of carbonyl (C=O) groups excluding carboxylic acids is 4. The molecule has 0 amide bonds. The second-order valence-electron chi connectivity index (χ2n) is 6.28. The molecule has 0 atom stereocenters. The van der Waals surface area contributed by atoms with Gasteiger partial charge in [0.1, 0.15) is 0 Å². The van der Waals surface area contributed by atoms with Crippen LogP contribution in [-0.4, -0.2) is 51.6 Å². The van der Waals surface area contributed by atoms with Crippen molar-refractivity contribution < 1.29 is 54.9 Å². The van der Waals surface area contributed by atoms with E-state index >= 15 is 0 Å². The van der Waals surface area contributed by atoms with Gasteiger partial charge in [-0.05, 0) is 55.4 Å². The summed E-state index contributed by atoms with van der Waals surface area (Å²) in [6, 6.07) is 0. The van der Waals surface area contributed by atoms with Crippen molar-refractivity contribution in [3.63, 3.8) is 0 Å². The zero-order valence-electron chi connectivity index (χ0n) is 21.9. The first-order valence-corrected chi connectivity index (χ1v) is 9.58. The van der Waals surface area contributed by atoms with Gasteiger partial charge in [0, 0.05) is 41.1 Å². The third-order valence-corrected chi connectivity index (χ3v) is 2.91. The molecule has 1 radical (unpaired) electrons. The van der Waals surface area contributed by atoms with Gasteiger partial charge in [0.05, 0.1) is 51.5 Å². The number of methoxy groups -OCH3 is 4. The van der Waals surface area contributed by atoms with Crippen LogP contribution in [0.2, 0.25) is 0 Å². The Bertz CT molecular complexity index is 581. The predicted octanol–water partition coefficient (Wildman–Crippen LogP) is 4.50. The van der Waals surface area contributed by atoms with Gasteiger partial charge in [-0.3, -0.25) is 19.2 Å². The van der Waals surface area contributed by atoms with Gasteiger partial charge in [0.2, 0.25) is 0 Å². The van der Waals surface area contributed by atoms with E-state index in [1.54, 1.807) is 27.7 Å². The molecule has 0 aliphatic carbocycles. The van der Waals surface area contributed by atoms with Gasteiger partial charge < -0.3 is 18.9 Å². The number of rotatable bonds is 8. The van der Waals surface area contributed by atoms with E-state index < -0.39 is 0 Å². The summed E-state index contributed by atoms with van der Waals surface area (Å²) in [7, 11) is 6.15. The molecule has 0 aliphatic heterocycles. The van der Waals surface area contributed by atoms with Gasteiger partial charge in [-0.1, -0.05) is 0 Å². The maximum Gasteiger partial charge on any atom is 0.155 e. The summed E-state index contributed by atoms with van der Waals surface area (Å²) >= 11 is 0. The molecule has 33 heavy (non-hydrogen) atoms. The van der Waals surface area contributed by atoms with Crippen molar-refractivity contribution in [3.05, 3.63) is 47.3 Å². The molecule has 0 spiro atoms. The van der Waals surface area contributed by atoms with E-state index in [1.807, 2.05) is 0 Å². The first-order valence-electron chi connectivity index (χ1n) is 9.58. The molecule has 8 nitrogen and oxygen atoms in total. The van der Waals surface area contributed by atoms with Gasteiger partial charge in [-0.2, -0.15) is 0 Å². The predicted molar refractivity (Wildman–Crippen MR) is 126 cm³/mol. The maximum atomic E-state index is 10.3. The van der Waals surface area contributed by atoms with Crippen LogP contribution in [0.3, 0.4) is 0 Å². The molecule has 0 bridgehead atoms. The Morgan fingerprint density at radius 2 is 0.515 bits per heavy atom. The Morgan fingerprint density at radius 1 is 0.394 bits per heavy atom. The number of hydrogen-bond donors (Lipinski definition) is 0. The molecule has 0 saturated carbocycles. The van der Waals surface area contributed by atoms with Crippen LogP contribution in [0.5, 0.6) is 0 Å². The Morgan fingerprint density at radius 3 is 0.545 bits per heavy atom. The summed E-state index contributed by atoms with van der Waals surface area (Å²) in [4.78, 5) is 41.0. The molecule has 0 aromatic rings. The van der Waals surface area contributed by atoms with Crippen LogP contribution in [0.15, 0.2) is 47.3 Å². The Hall–Kier alpha value is -2.65. The Labute approximate surface area is 209 Å². The van der Waals surface area contributed by atoms with Crippen LogP contribution in [-0.2, 0) is 54.9 Å². The summed E-state index contributed by atoms with van der Waals surface area (Å²) < 4.78 is 18.8. The third-order valence-electron chi connectivity index (χ3n) is 2.91. The van der Waals surface area contributed by atoms with Crippen molar-refractivity contribution in [1.29, 1.82) is 0 Å². The molecule has 0 aromatic carbocycles. The molecule has 0 saturated heterocycles. The van der Waals surface area contributed by atoms with Crippen molar-refractivity contribution >= 4 is 23.1 Å². The van der Waals surface area contributed by atoms with E-state index in [1.165, 1.54) is 80.4 Å². The summed E-state index contributed by atoms with van der Waals surface area (Å²) in [5, 5.41) is 0. The van der Waals surface area contributed by atoms with E-state index in [0.717, 1.165) is 0 Å². The van der Waals surface area contributed by atoms with Crippen LogP contribution in [0.1, 0.15) is 55.4 Å². The van der Waals surface area contributed by atoms with Crippen molar-refractivity contribution in [2.24, 2.45) is 0 Å².